The number of hydrogen-bond acceptors (Lipinski definition) is 4. The van der Waals surface area contributed by atoms with Gasteiger partial charge in [-0.15, -0.1) is 5.10 Å². The highest BCUT2D eigenvalue weighted by atomic mass is 16.5. The largest absolute Gasteiger partial charge is 0.380 e. The van der Waals surface area contributed by atoms with E-state index in [9.17, 15) is 0 Å². The molecule has 0 aliphatic carbocycles. The minimum absolute atomic E-state index is 0.615. The Morgan fingerprint density at radius 3 is 2.94 bits per heavy atom. The second-order valence-corrected chi connectivity index (χ2v) is 4.31. The maximum absolute atomic E-state index is 5.50. The molecule has 1 rings (SSSR count). The van der Waals surface area contributed by atoms with Crippen molar-refractivity contribution in [1.29, 1.82) is 0 Å². The Hall–Kier alpha value is -0.940. The molecule has 0 unspecified atom stereocenters. The second kappa shape index (κ2) is 7.35. The highest BCUT2D eigenvalue weighted by Crippen LogP contribution is 1.99. The van der Waals surface area contributed by atoms with Gasteiger partial charge >= 0.3 is 0 Å². The fraction of sp³-hybridized carbons (Fsp3) is 0.818. The van der Waals surface area contributed by atoms with Crippen LogP contribution in [0, 0.1) is 5.92 Å². The summed E-state index contributed by atoms with van der Waals surface area (Å²) >= 11 is 0. The van der Waals surface area contributed by atoms with Crippen molar-refractivity contribution < 1.29 is 4.74 Å². The summed E-state index contributed by atoms with van der Waals surface area (Å²) < 4.78 is 7.31. The minimum atomic E-state index is 0.615. The smallest absolute Gasteiger partial charge is 0.0839 e. The van der Waals surface area contributed by atoms with Crippen molar-refractivity contribution in [3.05, 3.63) is 11.9 Å². The third-order valence-electron chi connectivity index (χ3n) is 2.29. The van der Waals surface area contributed by atoms with Crippen LogP contribution >= 0.6 is 0 Å². The zero-order chi connectivity index (χ0) is 11.8. The lowest BCUT2D eigenvalue weighted by atomic mass is 10.1. The van der Waals surface area contributed by atoms with Crippen molar-refractivity contribution in [3.63, 3.8) is 0 Å². The Morgan fingerprint density at radius 2 is 2.25 bits per heavy atom. The molecule has 0 fully saturated rings. The third kappa shape index (κ3) is 5.23. The van der Waals surface area contributed by atoms with Crippen molar-refractivity contribution in [3.8, 4) is 0 Å². The van der Waals surface area contributed by atoms with Crippen molar-refractivity contribution in [2.24, 2.45) is 11.7 Å². The Morgan fingerprint density at radius 1 is 1.44 bits per heavy atom. The lowest BCUT2D eigenvalue weighted by Gasteiger charge is -2.05. The Bertz CT molecular complexity index is 285. The highest BCUT2D eigenvalue weighted by molar-refractivity contribution is 4.92. The van der Waals surface area contributed by atoms with Gasteiger partial charge < -0.3 is 10.5 Å². The van der Waals surface area contributed by atoms with E-state index in [4.69, 9.17) is 10.5 Å². The van der Waals surface area contributed by atoms with E-state index in [0.29, 0.717) is 19.1 Å². The molecule has 0 aliphatic rings. The summed E-state index contributed by atoms with van der Waals surface area (Å²) in [5.41, 5.74) is 6.38. The Labute approximate surface area is 97.0 Å². The molecule has 0 aliphatic heterocycles. The fourth-order valence-electron chi connectivity index (χ4n) is 1.29. The van der Waals surface area contributed by atoms with Crippen LogP contribution in [0.2, 0.25) is 0 Å². The number of rotatable bonds is 8. The summed E-state index contributed by atoms with van der Waals surface area (Å²) in [5, 5.41) is 8.01. The van der Waals surface area contributed by atoms with E-state index in [1.54, 1.807) is 4.68 Å². The molecule has 0 saturated carbocycles. The van der Waals surface area contributed by atoms with Gasteiger partial charge in [0.25, 0.3) is 0 Å². The van der Waals surface area contributed by atoms with Gasteiger partial charge in [0.2, 0.25) is 0 Å². The summed E-state index contributed by atoms with van der Waals surface area (Å²) in [7, 11) is 0. The molecule has 92 valence electrons. The van der Waals surface area contributed by atoms with Crippen LogP contribution in [-0.2, 0) is 17.7 Å². The maximum Gasteiger partial charge on any atom is 0.0839 e. The van der Waals surface area contributed by atoms with Crippen molar-refractivity contribution in [2.45, 2.75) is 33.2 Å². The Kier molecular flexibility index (Phi) is 6.03. The first-order chi connectivity index (χ1) is 7.72. The number of aromatic nitrogens is 3. The number of nitrogens with two attached hydrogens (primary N) is 1. The summed E-state index contributed by atoms with van der Waals surface area (Å²) in [4.78, 5) is 0. The van der Waals surface area contributed by atoms with Gasteiger partial charge in [0.15, 0.2) is 0 Å². The van der Waals surface area contributed by atoms with E-state index < -0.39 is 0 Å². The van der Waals surface area contributed by atoms with Crippen LogP contribution < -0.4 is 5.73 Å². The SMILES string of the molecule is CC(C)CCOCCn1cc(CCN)nn1. The quantitative estimate of drug-likeness (QED) is 0.667. The molecule has 16 heavy (non-hydrogen) atoms. The molecule has 0 spiro atoms. The average molecular weight is 226 g/mol. The zero-order valence-corrected chi connectivity index (χ0v) is 10.2. The average Bonchev–Trinajstić information content (AvgIpc) is 2.65. The lowest BCUT2D eigenvalue weighted by Crippen LogP contribution is -2.08. The van der Waals surface area contributed by atoms with E-state index in [1.807, 2.05) is 6.20 Å². The van der Waals surface area contributed by atoms with Crippen LogP contribution in [0.3, 0.4) is 0 Å². The van der Waals surface area contributed by atoms with E-state index in [2.05, 4.69) is 24.2 Å². The Balaban J connectivity index is 2.12. The molecule has 2 N–H and O–H groups in total. The molecule has 0 atom stereocenters. The van der Waals surface area contributed by atoms with Crippen molar-refractivity contribution in [1.82, 2.24) is 15.0 Å². The highest BCUT2D eigenvalue weighted by Gasteiger charge is 1.99. The number of ether oxygens (including phenoxy) is 1. The maximum atomic E-state index is 5.50. The molecule has 1 aromatic rings. The van der Waals surface area contributed by atoms with E-state index in [0.717, 1.165) is 31.7 Å². The van der Waals surface area contributed by atoms with E-state index in [-0.39, 0.29) is 0 Å². The molecule has 0 saturated heterocycles. The molecular weight excluding hydrogens is 204 g/mol. The summed E-state index contributed by atoms with van der Waals surface area (Å²) in [5.74, 6) is 0.697. The first-order valence-electron chi connectivity index (χ1n) is 5.89. The number of hydrogen-bond donors (Lipinski definition) is 1. The standard InChI is InChI=1S/C11H22N4O/c1-10(2)4-7-16-8-6-15-9-11(3-5-12)13-14-15/h9-10H,3-8,12H2,1-2H3. The molecular formula is C11H22N4O. The van der Waals surface area contributed by atoms with Gasteiger partial charge in [0.05, 0.1) is 18.8 Å². The first-order valence-corrected chi connectivity index (χ1v) is 5.89. The van der Waals surface area contributed by atoms with Gasteiger partial charge in [-0.1, -0.05) is 19.1 Å². The summed E-state index contributed by atoms with van der Waals surface area (Å²) in [6.07, 6.45) is 3.82. The van der Waals surface area contributed by atoms with Crippen LogP contribution in [0.15, 0.2) is 6.20 Å². The van der Waals surface area contributed by atoms with Gasteiger partial charge in [-0.3, -0.25) is 0 Å². The molecule has 1 heterocycles. The van der Waals surface area contributed by atoms with Gasteiger partial charge in [0.1, 0.15) is 0 Å². The normalized spacial score (nSPS) is 11.2. The van der Waals surface area contributed by atoms with Crippen molar-refractivity contribution >= 4 is 0 Å². The molecule has 1 aromatic heterocycles. The van der Waals surface area contributed by atoms with Gasteiger partial charge in [-0.2, -0.15) is 0 Å². The molecule has 0 amide bonds. The van der Waals surface area contributed by atoms with Crippen molar-refractivity contribution in [2.75, 3.05) is 19.8 Å². The zero-order valence-electron chi connectivity index (χ0n) is 10.2. The topological polar surface area (TPSA) is 66.0 Å². The first kappa shape index (κ1) is 13.1. The van der Waals surface area contributed by atoms with Crippen LogP contribution in [0.5, 0.6) is 0 Å². The third-order valence-corrected chi connectivity index (χ3v) is 2.29. The van der Waals surface area contributed by atoms with E-state index >= 15 is 0 Å². The van der Waals surface area contributed by atoms with Crippen LogP contribution in [0.1, 0.15) is 26.0 Å². The van der Waals surface area contributed by atoms with Gasteiger partial charge in [0, 0.05) is 19.2 Å². The lowest BCUT2D eigenvalue weighted by molar-refractivity contribution is 0.113. The van der Waals surface area contributed by atoms with Gasteiger partial charge in [-0.05, 0) is 18.9 Å². The molecule has 0 bridgehead atoms. The second-order valence-electron chi connectivity index (χ2n) is 4.31. The monoisotopic (exact) mass is 226 g/mol. The minimum Gasteiger partial charge on any atom is -0.380 e. The molecule has 0 aromatic carbocycles. The number of nitrogens with zero attached hydrogens (tertiary/aromatic N) is 3. The van der Waals surface area contributed by atoms with Gasteiger partial charge in [-0.25, -0.2) is 4.68 Å². The summed E-state index contributed by atoms with van der Waals surface area (Å²) in [6.45, 7) is 7.28. The molecule has 5 nitrogen and oxygen atoms in total. The fourth-order valence-corrected chi connectivity index (χ4v) is 1.29. The van der Waals surface area contributed by atoms with Crippen LogP contribution in [-0.4, -0.2) is 34.8 Å². The predicted molar refractivity (Wildman–Crippen MR) is 63.1 cm³/mol. The van der Waals surface area contributed by atoms with Crippen LogP contribution in [0.25, 0.3) is 0 Å². The van der Waals surface area contributed by atoms with E-state index in [1.165, 1.54) is 0 Å². The summed E-state index contributed by atoms with van der Waals surface area (Å²) in [6, 6.07) is 0. The van der Waals surface area contributed by atoms with Crippen LogP contribution in [0.4, 0.5) is 0 Å². The molecule has 0 radical (unpaired) electrons. The molecule has 5 heteroatoms. The predicted octanol–water partition coefficient (Wildman–Crippen LogP) is 0.842.